The normalized spacial score (nSPS) is 20.0. The van der Waals surface area contributed by atoms with Crippen LogP contribution < -0.4 is 4.74 Å². The number of nitrogens with zero attached hydrogens (tertiary/aromatic N) is 2. The van der Waals surface area contributed by atoms with Gasteiger partial charge in [-0.25, -0.2) is 4.79 Å². The van der Waals surface area contributed by atoms with Crippen molar-refractivity contribution in [1.82, 2.24) is 4.90 Å². The van der Waals surface area contributed by atoms with Crippen LogP contribution in [0.15, 0.2) is 35.5 Å². The lowest BCUT2D eigenvalue weighted by Crippen LogP contribution is -2.54. The maximum Gasteiger partial charge on any atom is 0.352 e. The molecule has 1 N–H and O–H groups in total. The first kappa shape index (κ1) is 14.5. The summed E-state index contributed by atoms with van der Waals surface area (Å²) in [6, 6.07) is 8.67. The molecule has 3 rings (SSSR count). The van der Waals surface area contributed by atoms with Gasteiger partial charge in [-0.05, 0) is 18.2 Å². The molecule has 22 heavy (non-hydrogen) atoms. The summed E-state index contributed by atoms with van der Waals surface area (Å²) < 4.78 is 5.59. The lowest BCUT2D eigenvalue weighted by Gasteiger charge is -2.43. The Morgan fingerprint density at radius 2 is 2.36 bits per heavy atom. The molecule has 6 nitrogen and oxygen atoms in total. The fourth-order valence-electron chi connectivity index (χ4n) is 2.41. The molecule has 0 unspecified atom stereocenters. The summed E-state index contributed by atoms with van der Waals surface area (Å²) in [6.45, 7) is 0.0833. The molecule has 112 valence electrons. The molecule has 2 heterocycles. The molecule has 1 aromatic rings. The van der Waals surface area contributed by atoms with Gasteiger partial charge in [0.1, 0.15) is 18.1 Å². The van der Waals surface area contributed by atoms with E-state index in [0.717, 1.165) is 0 Å². The van der Waals surface area contributed by atoms with Crippen molar-refractivity contribution in [2.24, 2.45) is 0 Å². The number of hydrogen-bond donors (Lipinski definition) is 1. The summed E-state index contributed by atoms with van der Waals surface area (Å²) in [4.78, 5) is 24.4. The molecule has 1 saturated heterocycles. The fourth-order valence-corrected chi connectivity index (χ4v) is 3.66. The second-order valence-electron chi connectivity index (χ2n) is 4.92. The summed E-state index contributed by atoms with van der Waals surface area (Å²) in [6.07, 6.45) is 0.389. The molecule has 0 bridgehead atoms. The van der Waals surface area contributed by atoms with Crippen LogP contribution in [0, 0.1) is 11.3 Å². The molecule has 0 aromatic heterocycles. The van der Waals surface area contributed by atoms with E-state index >= 15 is 0 Å². The van der Waals surface area contributed by atoms with Crippen molar-refractivity contribution in [2.75, 3.05) is 12.4 Å². The van der Waals surface area contributed by atoms with E-state index < -0.39 is 5.97 Å². The van der Waals surface area contributed by atoms with E-state index in [0.29, 0.717) is 29.1 Å². The lowest BCUT2D eigenvalue weighted by atomic mass is 10.1. The Hall–Kier alpha value is -2.46. The van der Waals surface area contributed by atoms with Crippen molar-refractivity contribution in [3.8, 4) is 11.8 Å². The van der Waals surface area contributed by atoms with Gasteiger partial charge in [-0.2, -0.15) is 5.26 Å². The minimum atomic E-state index is -1.11. The standard InChI is InChI=1S/C15H12N2O4S/c16-6-9-2-1-3-11(4-9)21-7-10-8-22-13-5-12(18)17(13)14(10)15(19)20/h1-4,13H,5,7-8H2,(H,19,20)/t13-/m1/s1. The molecule has 0 aliphatic carbocycles. The van der Waals surface area contributed by atoms with Crippen LogP contribution in [-0.4, -0.2) is 39.6 Å². The maximum atomic E-state index is 11.6. The number of nitriles is 1. The first-order chi connectivity index (χ1) is 10.6. The van der Waals surface area contributed by atoms with Gasteiger partial charge < -0.3 is 9.84 Å². The zero-order valence-corrected chi connectivity index (χ0v) is 12.3. The predicted molar refractivity (Wildman–Crippen MR) is 79.0 cm³/mol. The largest absolute Gasteiger partial charge is 0.489 e. The second kappa shape index (κ2) is 5.73. The third-order valence-electron chi connectivity index (χ3n) is 3.51. The van der Waals surface area contributed by atoms with Gasteiger partial charge in [0, 0.05) is 11.3 Å². The second-order valence-corrected chi connectivity index (χ2v) is 6.09. The van der Waals surface area contributed by atoms with Crippen LogP contribution in [0.3, 0.4) is 0 Å². The van der Waals surface area contributed by atoms with Crippen LogP contribution in [0.5, 0.6) is 5.75 Å². The average Bonchev–Trinajstić information content (AvgIpc) is 2.52. The van der Waals surface area contributed by atoms with Crippen LogP contribution in [-0.2, 0) is 9.59 Å². The highest BCUT2D eigenvalue weighted by Gasteiger charge is 2.45. The number of benzene rings is 1. The maximum absolute atomic E-state index is 11.6. The summed E-state index contributed by atoms with van der Waals surface area (Å²) in [5, 5.41) is 18.2. The van der Waals surface area contributed by atoms with Gasteiger partial charge >= 0.3 is 5.97 Å². The van der Waals surface area contributed by atoms with Gasteiger partial charge in [0.2, 0.25) is 5.91 Å². The Balaban J connectivity index is 1.80. The van der Waals surface area contributed by atoms with E-state index in [1.165, 1.54) is 4.90 Å². The highest BCUT2D eigenvalue weighted by molar-refractivity contribution is 8.00. The number of carboxylic acids is 1. The van der Waals surface area contributed by atoms with Gasteiger partial charge in [-0.1, -0.05) is 6.07 Å². The monoisotopic (exact) mass is 316 g/mol. The van der Waals surface area contributed by atoms with Gasteiger partial charge in [-0.15, -0.1) is 11.8 Å². The number of fused-ring (bicyclic) bond motifs is 1. The van der Waals surface area contributed by atoms with Gasteiger partial charge in [0.25, 0.3) is 0 Å². The molecule has 0 saturated carbocycles. The minimum Gasteiger partial charge on any atom is -0.489 e. The number of amides is 1. The van der Waals surface area contributed by atoms with E-state index in [-0.39, 0.29) is 23.6 Å². The molecule has 2 aliphatic rings. The Morgan fingerprint density at radius 1 is 1.55 bits per heavy atom. The Morgan fingerprint density at radius 3 is 3.05 bits per heavy atom. The molecule has 1 aromatic carbocycles. The predicted octanol–water partition coefficient (Wildman–Crippen LogP) is 1.58. The number of carboxylic acid groups (broad SMARTS) is 1. The molecule has 1 fully saturated rings. The molecule has 0 radical (unpaired) electrons. The van der Waals surface area contributed by atoms with Crippen molar-refractivity contribution in [3.63, 3.8) is 0 Å². The smallest absolute Gasteiger partial charge is 0.352 e. The molecule has 0 spiro atoms. The summed E-state index contributed by atoms with van der Waals surface area (Å²) in [5.74, 6) is -0.256. The van der Waals surface area contributed by atoms with Gasteiger partial charge in [0.15, 0.2) is 0 Å². The zero-order chi connectivity index (χ0) is 15.7. The number of aliphatic carboxylic acids is 1. The lowest BCUT2D eigenvalue weighted by molar-refractivity contribution is -0.146. The molecular weight excluding hydrogens is 304 g/mol. The first-order valence-corrected chi connectivity index (χ1v) is 7.67. The number of thioether (sulfide) groups is 1. The van der Waals surface area contributed by atoms with Crippen LogP contribution in [0.2, 0.25) is 0 Å². The van der Waals surface area contributed by atoms with Gasteiger partial charge in [-0.3, -0.25) is 9.69 Å². The number of carbonyl (C=O) groups is 2. The third-order valence-corrected chi connectivity index (χ3v) is 4.79. The van der Waals surface area contributed by atoms with Gasteiger partial charge in [0.05, 0.1) is 23.4 Å². The van der Waals surface area contributed by atoms with E-state index in [2.05, 4.69) is 0 Å². The van der Waals surface area contributed by atoms with Crippen LogP contribution in [0.25, 0.3) is 0 Å². The highest BCUT2D eigenvalue weighted by Crippen LogP contribution is 2.39. The first-order valence-electron chi connectivity index (χ1n) is 6.62. The third kappa shape index (κ3) is 2.53. The summed E-state index contributed by atoms with van der Waals surface area (Å²) >= 11 is 1.54. The SMILES string of the molecule is N#Cc1cccc(OCC2=C(C(=O)O)N3C(=O)C[C@H]3SC2)c1. The summed E-state index contributed by atoms with van der Waals surface area (Å²) in [5.41, 5.74) is 1.08. The average molecular weight is 316 g/mol. The zero-order valence-electron chi connectivity index (χ0n) is 11.5. The minimum absolute atomic E-state index is 0.0384. The Bertz CT molecular complexity index is 722. The molecule has 1 atom stereocenters. The fraction of sp³-hybridized carbons (Fsp3) is 0.267. The number of rotatable bonds is 4. The molecular formula is C15H12N2O4S. The number of carbonyl (C=O) groups excluding carboxylic acids is 1. The van der Waals surface area contributed by atoms with Crippen molar-refractivity contribution >= 4 is 23.6 Å². The van der Waals surface area contributed by atoms with Crippen molar-refractivity contribution < 1.29 is 19.4 Å². The number of ether oxygens (including phenoxy) is 1. The van der Waals surface area contributed by atoms with Crippen molar-refractivity contribution in [1.29, 1.82) is 5.26 Å². The number of β-lactam (4-membered cyclic amide) rings is 1. The molecule has 7 heteroatoms. The highest BCUT2D eigenvalue weighted by atomic mass is 32.2. The van der Waals surface area contributed by atoms with E-state index in [1.54, 1.807) is 36.0 Å². The van der Waals surface area contributed by atoms with E-state index in [1.807, 2.05) is 6.07 Å². The van der Waals surface area contributed by atoms with Crippen LogP contribution >= 0.6 is 11.8 Å². The quantitative estimate of drug-likeness (QED) is 0.848. The van der Waals surface area contributed by atoms with Crippen LogP contribution in [0.4, 0.5) is 0 Å². The molecule has 1 amide bonds. The topological polar surface area (TPSA) is 90.6 Å². The van der Waals surface area contributed by atoms with Crippen molar-refractivity contribution in [2.45, 2.75) is 11.8 Å². The number of hydrogen-bond acceptors (Lipinski definition) is 5. The van der Waals surface area contributed by atoms with Crippen LogP contribution in [0.1, 0.15) is 12.0 Å². The Kier molecular flexibility index (Phi) is 3.77. The van der Waals surface area contributed by atoms with E-state index in [9.17, 15) is 14.7 Å². The summed E-state index contributed by atoms with van der Waals surface area (Å²) in [7, 11) is 0. The Labute approximate surface area is 131 Å². The molecule has 2 aliphatic heterocycles. The van der Waals surface area contributed by atoms with E-state index in [4.69, 9.17) is 10.00 Å². The van der Waals surface area contributed by atoms with Crippen molar-refractivity contribution in [3.05, 3.63) is 41.1 Å².